The van der Waals surface area contributed by atoms with E-state index >= 15 is 4.39 Å². The monoisotopic (exact) mass is 589 g/mol. The number of ether oxygens (including phenoxy) is 1. The first-order chi connectivity index (χ1) is 19.4. The van der Waals surface area contributed by atoms with Crippen molar-refractivity contribution in [3.8, 4) is 11.3 Å². The molecule has 222 valence electrons. The summed E-state index contributed by atoms with van der Waals surface area (Å²) in [7, 11) is 0. The van der Waals surface area contributed by atoms with E-state index in [2.05, 4.69) is 25.6 Å². The molecule has 0 radical (unpaired) electrons. The van der Waals surface area contributed by atoms with Gasteiger partial charge in [-0.3, -0.25) is 0 Å². The van der Waals surface area contributed by atoms with Crippen LogP contribution in [0.1, 0.15) is 58.8 Å². The Balaban J connectivity index is 1.34. The number of benzene rings is 1. The Hall–Kier alpha value is -3.06. The van der Waals surface area contributed by atoms with Gasteiger partial charge < -0.3 is 35.1 Å². The minimum Gasteiger partial charge on any atom is -0.446 e. The zero-order chi connectivity index (χ0) is 29.5. The number of rotatable bonds is 6. The van der Waals surface area contributed by atoms with Crippen molar-refractivity contribution in [1.82, 2.24) is 29.7 Å². The summed E-state index contributed by atoms with van der Waals surface area (Å²) in [5.74, 6) is 0.0355. The first kappa shape index (κ1) is 29.4. The number of halogens is 2. The molecule has 1 aliphatic carbocycles. The van der Waals surface area contributed by atoms with Gasteiger partial charge in [-0.2, -0.15) is 0 Å². The summed E-state index contributed by atoms with van der Waals surface area (Å²) in [6.07, 6.45) is 1.33. The molecule has 41 heavy (non-hydrogen) atoms. The standard InChI is InChI=1S/C28H37ClFN7O4/c1-15(2)37-21-12-16(11-19(30)24(21)34-25(37)28(3,4)40)23-18(29)14-32-26(35-23)33-20-6-5-17(13-22(20)38)41-27(39)36-9-7-31-8-10-36/h11-12,14-15,17,20,22,31,38,40H,5-10,13H2,1-4H3,(H,32,33,35)/t17-,20-,22-/m1/s1. The van der Waals surface area contributed by atoms with Gasteiger partial charge in [0, 0.05) is 44.2 Å². The van der Waals surface area contributed by atoms with Gasteiger partial charge in [-0.1, -0.05) is 11.6 Å². The van der Waals surface area contributed by atoms with Crippen molar-refractivity contribution in [3.05, 3.63) is 35.0 Å². The molecule has 1 saturated carbocycles. The molecule has 1 aliphatic heterocycles. The number of fused-ring (bicyclic) bond motifs is 1. The molecule has 1 aromatic carbocycles. The largest absolute Gasteiger partial charge is 0.446 e. The van der Waals surface area contributed by atoms with Gasteiger partial charge in [-0.05, 0) is 52.7 Å². The summed E-state index contributed by atoms with van der Waals surface area (Å²) in [5.41, 5.74) is 0.141. The summed E-state index contributed by atoms with van der Waals surface area (Å²) in [6.45, 7) is 9.78. The third-order valence-corrected chi connectivity index (χ3v) is 7.83. The molecule has 2 aromatic heterocycles. The van der Waals surface area contributed by atoms with Gasteiger partial charge in [0.2, 0.25) is 5.95 Å². The van der Waals surface area contributed by atoms with Crippen LogP contribution in [0, 0.1) is 5.82 Å². The predicted octanol–water partition coefficient (Wildman–Crippen LogP) is 3.83. The van der Waals surface area contributed by atoms with Crippen LogP contribution in [0.25, 0.3) is 22.3 Å². The van der Waals surface area contributed by atoms with Gasteiger partial charge >= 0.3 is 6.09 Å². The molecule has 3 aromatic rings. The third-order valence-electron chi connectivity index (χ3n) is 7.56. The van der Waals surface area contributed by atoms with Crippen molar-refractivity contribution in [2.24, 2.45) is 0 Å². The first-order valence-corrected chi connectivity index (χ1v) is 14.4. The van der Waals surface area contributed by atoms with Gasteiger partial charge in [0.05, 0.1) is 34.6 Å². The van der Waals surface area contributed by atoms with Crippen molar-refractivity contribution in [1.29, 1.82) is 0 Å². The second-order valence-corrected chi connectivity index (χ2v) is 12.0. The Morgan fingerprint density at radius 1 is 1.24 bits per heavy atom. The third kappa shape index (κ3) is 6.25. The summed E-state index contributed by atoms with van der Waals surface area (Å²) in [6, 6.07) is 2.61. The number of aliphatic hydroxyl groups excluding tert-OH is 1. The summed E-state index contributed by atoms with van der Waals surface area (Å²) in [5, 5.41) is 28.1. The van der Waals surface area contributed by atoms with Crippen LogP contribution in [-0.2, 0) is 10.3 Å². The van der Waals surface area contributed by atoms with Gasteiger partial charge in [0.15, 0.2) is 5.82 Å². The minimum absolute atomic E-state index is 0.0954. The molecule has 5 rings (SSSR count). The highest BCUT2D eigenvalue weighted by atomic mass is 35.5. The van der Waals surface area contributed by atoms with Gasteiger partial charge in [-0.25, -0.2) is 24.1 Å². The number of piperazine rings is 1. The normalized spacial score (nSPS) is 21.9. The lowest BCUT2D eigenvalue weighted by atomic mass is 9.90. The molecule has 11 nitrogen and oxygen atoms in total. The van der Waals surface area contributed by atoms with Crippen LogP contribution in [0.5, 0.6) is 0 Å². The maximum atomic E-state index is 15.3. The molecule has 2 aliphatic rings. The van der Waals surface area contributed by atoms with Crippen molar-refractivity contribution in [3.63, 3.8) is 0 Å². The highest BCUT2D eigenvalue weighted by molar-refractivity contribution is 6.33. The first-order valence-electron chi connectivity index (χ1n) is 14.0. The molecule has 0 bridgehead atoms. The molecule has 1 saturated heterocycles. The Morgan fingerprint density at radius 2 is 1.98 bits per heavy atom. The van der Waals surface area contributed by atoms with Crippen LogP contribution in [0.2, 0.25) is 5.02 Å². The van der Waals surface area contributed by atoms with E-state index in [1.165, 1.54) is 12.3 Å². The second-order valence-electron chi connectivity index (χ2n) is 11.5. The fraction of sp³-hybridized carbons (Fsp3) is 0.571. The van der Waals surface area contributed by atoms with E-state index in [4.69, 9.17) is 16.3 Å². The maximum absolute atomic E-state index is 15.3. The van der Waals surface area contributed by atoms with E-state index in [-0.39, 0.29) is 40.8 Å². The number of imidazole rings is 1. The number of carbonyl (C=O) groups excluding carboxylic acids is 1. The minimum atomic E-state index is -1.28. The predicted molar refractivity (Wildman–Crippen MR) is 153 cm³/mol. The number of anilines is 1. The summed E-state index contributed by atoms with van der Waals surface area (Å²) in [4.78, 5) is 27.4. The van der Waals surface area contributed by atoms with E-state index < -0.39 is 17.5 Å². The van der Waals surface area contributed by atoms with Crippen molar-refractivity contribution in [2.45, 2.75) is 76.9 Å². The highest BCUT2D eigenvalue weighted by Gasteiger charge is 2.33. The fourth-order valence-corrected chi connectivity index (χ4v) is 5.70. The Morgan fingerprint density at radius 3 is 2.63 bits per heavy atom. The smallest absolute Gasteiger partial charge is 0.410 e. The Bertz CT molecular complexity index is 1420. The van der Waals surface area contributed by atoms with E-state index in [9.17, 15) is 15.0 Å². The number of carbonyl (C=O) groups is 1. The Labute approximate surface area is 243 Å². The van der Waals surface area contributed by atoms with E-state index in [0.717, 1.165) is 13.1 Å². The zero-order valence-electron chi connectivity index (χ0n) is 23.7. The molecule has 3 atom stereocenters. The van der Waals surface area contributed by atoms with Gasteiger partial charge in [0.25, 0.3) is 0 Å². The van der Waals surface area contributed by atoms with Crippen LogP contribution >= 0.6 is 11.6 Å². The number of aromatic nitrogens is 4. The van der Waals surface area contributed by atoms with Crippen LogP contribution in [-0.4, -0.2) is 85.2 Å². The van der Waals surface area contributed by atoms with Crippen LogP contribution in [0.4, 0.5) is 15.1 Å². The van der Waals surface area contributed by atoms with Crippen LogP contribution in [0.3, 0.4) is 0 Å². The quantitative estimate of drug-likeness (QED) is 0.338. The molecular formula is C28H37ClFN7O4. The van der Waals surface area contributed by atoms with E-state index in [1.54, 1.807) is 29.4 Å². The number of nitrogens with one attached hydrogen (secondary N) is 2. The van der Waals surface area contributed by atoms with Crippen molar-refractivity contribution >= 4 is 34.7 Å². The number of hydrogen-bond acceptors (Lipinski definition) is 9. The van der Waals surface area contributed by atoms with E-state index in [1.807, 2.05) is 13.8 Å². The zero-order valence-corrected chi connectivity index (χ0v) is 24.5. The molecule has 13 heteroatoms. The van der Waals surface area contributed by atoms with Gasteiger partial charge in [0.1, 0.15) is 23.0 Å². The Kier molecular flexibility index (Phi) is 8.38. The average Bonchev–Trinajstić information content (AvgIpc) is 3.33. The van der Waals surface area contributed by atoms with Gasteiger partial charge in [-0.15, -0.1) is 0 Å². The maximum Gasteiger partial charge on any atom is 0.410 e. The molecule has 1 amide bonds. The van der Waals surface area contributed by atoms with Crippen molar-refractivity contribution < 1.29 is 24.1 Å². The molecule has 3 heterocycles. The molecule has 0 spiro atoms. The summed E-state index contributed by atoms with van der Waals surface area (Å²) >= 11 is 6.47. The van der Waals surface area contributed by atoms with E-state index in [0.29, 0.717) is 55.0 Å². The van der Waals surface area contributed by atoms with Crippen molar-refractivity contribution in [2.75, 3.05) is 31.5 Å². The van der Waals surface area contributed by atoms with Crippen LogP contribution < -0.4 is 10.6 Å². The number of hydrogen-bond donors (Lipinski definition) is 4. The fourth-order valence-electron chi connectivity index (χ4n) is 5.50. The average molecular weight is 590 g/mol. The summed E-state index contributed by atoms with van der Waals surface area (Å²) < 4.78 is 22.8. The molecule has 4 N–H and O–H groups in total. The lowest BCUT2D eigenvalue weighted by Crippen LogP contribution is -2.49. The lowest BCUT2D eigenvalue weighted by Gasteiger charge is -2.35. The molecule has 0 unspecified atom stereocenters. The molecule has 2 fully saturated rings. The SMILES string of the molecule is CC(C)n1c(C(C)(C)O)nc2c(F)cc(-c3nc(N[C@@H]4CC[C@@H](OC(=O)N5CCNCC5)C[C@H]4O)ncc3Cl)cc21. The highest BCUT2D eigenvalue weighted by Crippen LogP contribution is 2.35. The number of amides is 1. The number of nitrogens with zero attached hydrogens (tertiary/aromatic N) is 5. The topological polar surface area (TPSA) is 138 Å². The van der Waals surface area contributed by atoms with Crippen LogP contribution in [0.15, 0.2) is 18.3 Å². The lowest BCUT2D eigenvalue weighted by molar-refractivity contribution is 0.00131. The second kappa shape index (κ2) is 11.7. The molecular weight excluding hydrogens is 553 g/mol. The number of aliphatic hydroxyl groups is 2.